The molecule has 34 heavy (non-hydrogen) atoms. The maximum Gasteiger partial charge on any atom is 0.322 e. The third kappa shape index (κ3) is 5.29. The number of rotatable bonds is 9. The van der Waals surface area contributed by atoms with Crippen molar-refractivity contribution < 1.29 is 14.1 Å². The highest BCUT2D eigenvalue weighted by atomic mass is 35.5. The highest BCUT2D eigenvalue weighted by Gasteiger charge is 2.35. The molecule has 9 heteroatoms. The van der Waals surface area contributed by atoms with E-state index in [0.717, 1.165) is 27.3 Å². The molecule has 1 aromatic heterocycles. The Morgan fingerprint density at radius 1 is 1.24 bits per heavy atom. The molecule has 0 radical (unpaired) electrons. The summed E-state index contributed by atoms with van der Waals surface area (Å²) in [7, 11) is 0. The average molecular weight is 499 g/mol. The van der Waals surface area contributed by atoms with Gasteiger partial charge in [0, 0.05) is 40.9 Å². The van der Waals surface area contributed by atoms with Gasteiger partial charge >= 0.3 is 6.03 Å². The van der Waals surface area contributed by atoms with Crippen molar-refractivity contribution >= 4 is 35.0 Å². The lowest BCUT2D eigenvalue weighted by Gasteiger charge is -2.35. The number of carbonyl (C=O) groups is 1. The Kier molecular flexibility index (Phi) is 7.92. The van der Waals surface area contributed by atoms with Crippen LogP contribution in [0.2, 0.25) is 5.02 Å². The number of urea groups is 1. The molecule has 7 nitrogen and oxygen atoms in total. The molecule has 1 aliphatic rings. The van der Waals surface area contributed by atoms with E-state index in [1.54, 1.807) is 22.7 Å². The lowest BCUT2D eigenvalue weighted by atomic mass is 9.94. The van der Waals surface area contributed by atoms with Crippen LogP contribution in [0.3, 0.4) is 0 Å². The second-order valence-electron chi connectivity index (χ2n) is 7.79. The zero-order valence-corrected chi connectivity index (χ0v) is 20.9. The maximum atomic E-state index is 13.0. The van der Waals surface area contributed by atoms with Crippen molar-refractivity contribution in [1.29, 1.82) is 0 Å². The zero-order valence-electron chi connectivity index (χ0n) is 19.4. The van der Waals surface area contributed by atoms with Gasteiger partial charge in [0.1, 0.15) is 0 Å². The molecule has 2 heterocycles. The summed E-state index contributed by atoms with van der Waals surface area (Å²) in [6.07, 6.45) is 2.74. The van der Waals surface area contributed by atoms with Crippen LogP contribution in [0.5, 0.6) is 0 Å². The molecular formula is C25H27ClN4O3S. The molecule has 0 saturated carbocycles. The highest BCUT2D eigenvalue weighted by Crippen LogP contribution is 2.38. The number of hydrogen-bond acceptors (Lipinski definition) is 6. The molecule has 1 N–H and O–H groups in total. The Labute approximate surface area is 208 Å². The highest BCUT2D eigenvalue weighted by molar-refractivity contribution is 7.98. The molecule has 1 aliphatic heterocycles. The first-order chi connectivity index (χ1) is 16.5. The summed E-state index contributed by atoms with van der Waals surface area (Å²) in [6.45, 7) is 5.60. The number of allylic oxidation sites excluding steroid dienone is 1. The van der Waals surface area contributed by atoms with Gasteiger partial charge in [-0.3, -0.25) is 4.90 Å². The van der Waals surface area contributed by atoms with E-state index in [1.165, 1.54) is 0 Å². The van der Waals surface area contributed by atoms with E-state index in [0.29, 0.717) is 42.9 Å². The number of aromatic nitrogens is 2. The summed E-state index contributed by atoms with van der Waals surface area (Å²) < 4.78 is 11.2. The summed E-state index contributed by atoms with van der Waals surface area (Å²) in [4.78, 5) is 20.6. The molecule has 1 unspecified atom stereocenters. The summed E-state index contributed by atoms with van der Waals surface area (Å²) in [5.41, 5.74) is 3.21. The molecule has 0 saturated heterocycles. The van der Waals surface area contributed by atoms with E-state index in [4.69, 9.17) is 25.8 Å². The average Bonchev–Trinajstić information content (AvgIpc) is 3.33. The van der Waals surface area contributed by atoms with Crippen LogP contribution in [0.15, 0.2) is 63.6 Å². The molecule has 1 atom stereocenters. The van der Waals surface area contributed by atoms with Crippen molar-refractivity contribution in [2.45, 2.75) is 31.2 Å². The third-order valence-corrected chi connectivity index (χ3v) is 6.64. The van der Waals surface area contributed by atoms with Gasteiger partial charge in [0.2, 0.25) is 5.82 Å². The summed E-state index contributed by atoms with van der Waals surface area (Å²) in [6, 6.07) is 14.8. The fourth-order valence-electron chi connectivity index (χ4n) is 3.92. The van der Waals surface area contributed by atoms with Gasteiger partial charge in [-0.25, -0.2) is 4.79 Å². The minimum Gasteiger partial charge on any atom is -0.382 e. The predicted molar refractivity (Wildman–Crippen MR) is 135 cm³/mol. The fourth-order valence-corrected chi connectivity index (χ4v) is 4.53. The summed E-state index contributed by atoms with van der Waals surface area (Å²) >= 11 is 7.93. The third-order valence-electron chi connectivity index (χ3n) is 5.66. The predicted octanol–water partition coefficient (Wildman–Crippen LogP) is 6.04. The molecule has 4 rings (SSSR count). The number of thioether (sulfide) groups is 1. The second kappa shape index (κ2) is 11.1. The number of halogens is 1. The maximum absolute atomic E-state index is 13.0. The minimum atomic E-state index is -0.471. The largest absolute Gasteiger partial charge is 0.382 e. The zero-order chi connectivity index (χ0) is 24.1. The fraction of sp³-hybridized carbons (Fsp3) is 0.320. The first-order valence-electron chi connectivity index (χ1n) is 11.1. The van der Waals surface area contributed by atoms with E-state index < -0.39 is 6.04 Å². The van der Waals surface area contributed by atoms with Crippen LogP contribution in [0.4, 0.5) is 4.79 Å². The normalized spacial score (nSPS) is 16.2. The monoisotopic (exact) mass is 498 g/mol. The van der Waals surface area contributed by atoms with Gasteiger partial charge in [0.15, 0.2) is 0 Å². The van der Waals surface area contributed by atoms with Gasteiger partial charge in [0.05, 0.1) is 11.6 Å². The van der Waals surface area contributed by atoms with E-state index in [2.05, 4.69) is 10.5 Å². The number of nitrogens with one attached hydrogen (secondary N) is 1. The molecular weight excluding hydrogens is 472 g/mol. The van der Waals surface area contributed by atoms with Gasteiger partial charge in [-0.2, -0.15) is 4.98 Å². The molecule has 178 valence electrons. The minimum absolute atomic E-state index is 0.185. The van der Waals surface area contributed by atoms with Crippen molar-refractivity contribution in [1.82, 2.24) is 20.4 Å². The summed E-state index contributed by atoms with van der Waals surface area (Å²) in [5.74, 6) is 0.855. The Hall–Kier alpha value is -2.81. The van der Waals surface area contributed by atoms with Crippen molar-refractivity contribution in [2.75, 3.05) is 26.0 Å². The SMILES string of the molecule is CCOCCCN1C(=O)NC(c2cccc(Cl)c2)C(c2nc(-c3ccc(SC)cc3)no2)=C1C. The van der Waals surface area contributed by atoms with Crippen molar-refractivity contribution in [2.24, 2.45) is 0 Å². The molecule has 0 bridgehead atoms. The van der Waals surface area contributed by atoms with Crippen molar-refractivity contribution in [3.05, 3.63) is 70.7 Å². The standard InChI is InChI=1S/C25H27ClN4O3S/c1-4-32-14-6-13-30-16(2)21(22(27-25(30)31)18-7-5-8-19(26)15-18)24-28-23(29-33-24)17-9-11-20(34-3)12-10-17/h5,7-12,15,22H,4,6,13-14H2,1-3H3,(H,27,31). The molecule has 0 fully saturated rings. The first kappa shape index (κ1) is 24.3. The first-order valence-corrected chi connectivity index (χ1v) is 12.7. The van der Waals surface area contributed by atoms with Crippen LogP contribution in [-0.2, 0) is 4.74 Å². The number of hydrogen-bond donors (Lipinski definition) is 1. The van der Waals surface area contributed by atoms with Crippen LogP contribution >= 0.6 is 23.4 Å². The van der Waals surface area contributed by atoms with Gasteiger partial charge in [-0.15, -0.1) is 11.8 Å². The lowest BCUT2D eigenvalue weighted by molar-refractivity contribution is 0.136. The number of carbonyl (C=O) groups excluding carboxylic acids is 1. The molecule has 0 aliphatic carbocycles. The van der Waals surface area contributed by atoms with Gasteiger partial charge in [-0.1, -0.05) is 28.9 Å². The number of nitrogens with zero attached hydrogens (tertiary/aromatic N) is 3. The number of benzene rings is 2. The Morgan fingerprint density at radius 2 is 2.03 bits per heavy atom. The van der Waals surface area contributed by atoms with Crippen LogP contribution in [-0.4, -0.2) is 47.1 Å². The molecule has 3 aromatic rings. The summed E-state index contributed by atoms with van der Waals surface area (Å²) in [5, 5.41) is 7.90. The van der Waals surface area contributed by atoms with Crippen LogP contribution < -0.4 is 5.32 Å². The topological polar surface area (TPSA) is 80.5 Å². The quantitative estimate of drug-likeness (QED) is 0.286. The molecule has 2 aromatic carbocycles. The van der Waals surface area contributed by atoms with Crippen LogP contribution in [0.25, 0.3) is 17.0 Å². The van der Waals surface area contributed by atoms with Crippen LogP contribution in [0, 0.1) is 0 Å². The smallest absolute Gasteiger partial charge is 0.322 e. The lowest BCUT2D eigenvalue weighted by Crippen LogP contribution is -2.46. The van der Waals surface area contributed by atoms with Crippen molar-refractivity contribution in [3.63, 3.8) is 0 Å². The Bertz CT molecular complexity index is 1180. The van der Waals surface area contributed by atoms with Gasteiger partial charge < -0.3 is 14.6 Å². The number of amides is 2. The molecule has 2 amide bonds. The second-order valence-corrected chi connectivity index (χ2v) is 9.11. The van der Waals surface area contributed by atoms with Gasteiger partial charge in [0.25, 0.3) is 5.89 Å². The Morgan fingerprint density at radius 3 is 2.74 bits per heavy atom. The van der Waals surface area contributed by atoms with E-state index in [-0.39, 0.29) is 6.03 Å². The number of ether oxygens (including phenoxy) is 1. The van der Waals surface area contributed by atoms with Crippen LogP contribution in [0.1, 0.15) is 37.8 Å². The Balaban J connectivity index is 1.72. The van der Waals surface area contributed by atoms with E-state index in [9.17, 15) is 4.79 Å². The van der Waals surface area contributed by atoms with E-state index >= 15 is 0 Å². The van der Waals surface area contributed by atoms with Gasteiger partial charge in [-0.05, 0) is 68.5 Å². The molecule has 0 spiro atoms. The van der Waals surface area contributed by atoms with Crippen molar-refractivity contribution in [3.8, 4) is 11.4 Å². The van der Waals surface area contributed by atoms with E-state index in [1.807, 2.05) is 62.6 Å².